The fourth-order valence-corrected chi connectivity index (χ4v) is 2.64. The molecule has 1 aromatic rings. The maximum absolute atomic E-state index is 12.3. The fraction of sp³-hybridized carbons (Fsp3) is 0.562. The van der Waals surface area contributed by atoms with Gasteiger partial charge >= 0.3 is 0 Å². The average molecular weight is 276 g/mol. The van der Waals surface area contributed by atoms with Crippen LogP contribution >= 0.6 is 0 Å². The number of nitrogens with two attached hydrogens (primary N) is 1. The Morgan fingerprint density at radius 3 is 2.75 bits per heavy atom. The summed E-state index contributed by atoms with van der Waals surface area (Å²) in [6.45, 7) is 8.90. The molecule has 20 heavy (non-hydrogen) atoms. The molecule has 4 heteroatoms. The zero-order chi connectivity index (χ0) is 14.9. The highest BCUT2D eigenvalue weighted by molar-refractivity contribution is 5.95. The van der Waals surface area contributed by atoms with Gasteiger partial charge < -0.3 is 15.8 Å². The Hall–Kier alpha value is -1.55. The third-order valence-corrected chi connectivity index (χ3v) is 4.39. The third-order valence-electron chi connectivity index (χ3n) is 4.39. The number of hydrogen-bond donors (Lipinski definition) is 2. The molecule has 110 valence electrons. The zero-order valence-electron chi connectivity index (χ0n) is 12.7. The second kappa shape index (κ2) is 5.44. The van der Waals surface area contributed by atoms with Crippen LogP contribution in [0.1, 0.15) is 43.1 Å². The van der Waals surface area contributed by atoms with E-state index < -0.39 is 0 Å². The molecule has 0 bridgehead atoms. The molecule has 0 saturated heterocycles. The quantitative estimate of drug-likeness (QED) is 0.831. The normalized spacial score (nSPS) is 24.0. The van der Waals surface area contributed by atoms with Gasteiger partial charge in [0, 0.05) is 29.3 Å². The summed E-state index contributed by atoms with van der Waals surface area (Å²) in [5.41, 5.74) is 8.08. The molecular weight excluding hydrogens is 252 g/mol. The predicted molar refractivity (Wildman–Crippen MR) is 80.7 cm³/mol. The summed E-state index contributed by atoms with van der Waals surface area (Å²) >= 11 is 0. The molecule has 2 rings (SSSR count). The Balaban J connectivity index is 2.01. The Morgan fingerprint density at radius 1 is 1.50 bits per heavy atom. The zero-order valence-corrected chi connectivity index (χ0v) is 12.7. The van der Waals surface area contributed by atoms with Crippen LogP contribution in [-0.4, -0.2) is 24.7 Å². The molecule has 0 aromatic heterocycles. The summed E-state index contributed by atoms with van der Waals surface area (Å²) in [5, 5.41) is 3.08. The van der Waals surface area contributed by atoms with Gasteiger partial charge in [0.05, 0.1) is 6.10 Å². The second-order valence-electron chi connectivity index (χ2n) is 6.10. The molecule has 1 aliphatic rings. The average Bonchev–Trinajstić information content (AvgIpc) is 2.40. The molecule has 4 nitrogen and oxygen atoms in total. The first kappa shape index (κ1) is 14.9. The van der Waals surface area contributed by atoms with Crippen molar-refractivity contribution in [2.45, 2.75) is 46.3 Å². The Kier molecular flexibility index (Phi) is 4.04. The van der Waals surface area contributed by atoms with Crippen molar-refractivity contribution < 1.29 is 9.53 Å². The highest BCUT2D eigenvalue weighted by Gasteiger charge is 2.49. The van der Waals surface area contributed by atoms with Crippen LogP contribution in [0.25, 0.3) is 0 Å². The molecule has 2 atom stereocenters. The maximum Gasteiger partial charge on any atom is 0.251 e. The van der Waals surface area contributed by atoms with Gasteiger partial charge in [-0.15, -0.1) is 0 Å². The lowest BCUT2D eigenvalue weighted by Crippen LogP contribution is -2.62. The van der Waals surface area contributed by atoms with Crippen LogP contribution in [0.5, 0.6) is 0 Å². The van der Waals surface area contributed by atoms with E-state index in [1.807, 2.05) is 26.0 Å². The number of nitrogen functional groups attached to an aromatic ring is 1. The van der Waals surface area contributed by atoms with Crippen molar-refractivity contribution in [3.63, 3.8) is 0 Å². The van der Waals surface area contributed by atoms with E-state index in [0.29, 0.717) is 17.9 Å². The van der Waals surface area contributed by atoms with Crippen molar-refractivity contribution in [3.05, 3.63) is 29.3 Å². The van der Waals surface area contributed by atoms with Crippen molar-refractivity contribution in [1.29, 1.82) is 0 Å². The van der Waals surface area contributed by atoms with Crippen LogP contribution < -0.4 is 11.1 Å². The van der Waals surface area contributed by atoms with Gasteiger partial charge in [0.2, 0.25) is 0 Å². The second-order valence-corrected chi connectivity index (χ2v) is 6.10. The molecule has 1 aliphatic carbocycles. The number of amides is 1. The number of ether oxygens (including phenoxy) is 1. The summed E-state index contributed by atoms with van der Waals surface area (Å²) < 4.78 is 5.67. The van der Waals surface area contributed by atoms with Crippen LogP contribution in [0.4, 0.5) is 5.69 Å². The van der Waals surface area contributed by atoms with E-state index in [-0.39, 0.29) is 23.5 Å². The van der Waals surface area contributed by atoms with Crippen molar-refractivity contribution >= 4 is 11.6 Å². The monoisotopic (exact) mass is 276 g/mol. The van der Waals surface area contributed by atoms with Crippen molar-refractivity contribution in [2.24, 2.45) is 5.41 Å². The minimum absolute atomic E-state index is 0.0259. The summed E-state index contributed by atoms with van der Waals surface area (Å²) in [4.78, 5) is 12.3. The number of carbonyl (C=O) groups excluding carboxylic acids is 1. The van der Waals surface area contributed by atoms with Crippen LogP contribution in [0.15, 0.2) is 18.2 Å². The number of carbonyl (C=O) groups is 1. The first-order valence-electron chi connectivity index (χ1n) is 7.14. The van der Waals surface area contributed by atoms with Crippen molar-refractivity contribution in [3.8, 4) is 0 Å². The summed E-state index contributed by atoms with van der Waals surface area (Å²) in [6, 6.07) is 5.57. The standard InChI is InChI=1S/C16H24N2O2/c1-5-20-14-9-13(16(14,3)4)18-15(19)11-7-6-10(2)12(17)8-11/h6-8,13-14H,5,9,17H2,1-4H3,(H,18,19). The molecule has 0 heterocycles. The highest BCUT2D eigenvalue weighted by Crippen LogP contribution is 2.42. The maximum atomic E-state index is 12.3. The van der Waals surface area contributed by atoms with Gasteiger partial charge in [-0.1, -0.05) is 19.9 Å². The van der Waals surface area contributed by atoms with Gasteiger partial charge in [0.25, 0.3) is 5.91 Å². The molecule has 3 N–H and O–H groups in total. The van der Waals surface area contributed by atoms with Crippen LogP contribution in [0.2, 0.25) is 0 Å². The Morgan fingerprint density at radius 2 is 2.20 bits per heavy atom. The topological polar surface area (TPSA) is 64.3 Å². The van der Waals surface area contributed by atoms with E-state index in [1.165, 1.54) is 0 Å². The van der Waals surface area contributed by atoms with E-state index in [1.54, 1.807) is 6.07 Å². The molecule has 1 amide bonds. The van der Waals surface area contributed by atoms with Gasteiger partial charge in [0.15, 0.2) is 0 Å². The van der Waals surface area contributed by atoms with Gasteiger partial charge in [-0.25, -0.2) is 0 Å². The molecule has 1 fully saturated rings. The molecule has 1 saturated carbocycles. The number of aryl methyl sites for hydroxylation is 1. The lowest BCUT2D eigenvalue weighted by molar-refractivity contribution is -0.111. The molecule has 0 spiro atoms. The van der Waals surface area contributed by atoms with Crippen molar-refractivity contribution in [2.75, 3.05) is 12.3 Å². The summed E-state index contributed by atoms with van der Waals surface area (Å²) in [6.07, 6.45) is 1.09. The van der Waals surface area contributed by atoms with Gasteiger partial charge in [-0.05, 0) is 38.0 Å². The summed E-state index contributed by atoms with van der Waals surface area (Å²) in [5.74, 6) is -0.0651. The van der Waals surface area contributed by atoms with Gasteiger partial charge in [-0.3, -0.25) is 4.79 Å². The summed E-state index contributed by atoms with van der Waals surface area (Å²) in [7, 11) is 0. The Labute approximate surface area is 120 Å². The van der Waals surface area contributed by atoms with E-state index in [9.17, 15) is 4.79 Å². The molecule has 0 aliphatic heterocycles. The van der Waals surface area contributed by atoms with E-state index in [4.69, 9.17) is 10.5 Å². The molecule has 1 aromatic carbocycles. The first-order valence-corrected chi connectivity index (χ1v) is 7.14. The third kappa shape index (κ3) is 2.66. The SMILES string of the molecule is CCOC1CC(NC(=O)c2ccc(C)c(N)c2)C1(C)C. The Bertz CT molecular complexity index is 511. The van der Waals surface area contributed by atoms with E-state index in [2.05, 4.69) is 19.2 Å². The van der Waals surface area contributed by atoms with E-state index in [0.717, 1.165) is 12.0 Å². The minimum Gasteiger partial charge on any atom is -0.398 e. The van der Waals surface area contributed by atoms with Gasteiger partial charge in [0.1, 0.15) is 0 Å². The molecule has 2 unspecified atom stereocenters. The number of benzene rings is 1. The minimum atomic E-state index is -0.0651. The van der Waals surface area contributed by atoms with Crippen LogP contribution in [0, 0.1) is 12.3 Å². The number of hydrogen-bond acceptors (Lipinski definition) is 3. The molecular formula is C16H24N2O2. The smallest absolute Gasteiger partial charge is 0.251 e. The predicted octanol–water partition coefficient (Wildman–Crippen LogP) is 2.51. The van der Waals surface area contributed by atoms with Crippen molar-refractivity contribution in [1.82, 2.24) is 5.32 Å². The lowest BCUT2D eigenvalue weighted by atomic mass is 9.64. The van der Waals surface area contributed by atoms with Crippen LogP contribution in [-0.2, 0) is 4.74 Å². The van der Waals surface area contributed by atoms with Crippen LogP contribution in [0.3, 0.4) is 0 Å². The number of anilines is 1. The highest BCUT2D eigenvalue weighted by atomic mass is 16.5. The van der Waals surface area contributed by atoms with E-state index >= 15 is 0 Å². The van der Waals surface area contributed by atoms with Gasteiger partial charge in [-0.2, -0.15) is 0 Å². The fourth-order valence-electron chi connectivity index (χ4n) is 2.64. The first-order chi connectivity index (χ1) is 9.36. The lowest BCUT2D eigenvalue weighted by Gasteiger charge is -2.51. The number of nitrogens with one attached hydrogen (secondary N) is 1. The molecule has 0 radical (unpaired) electrons. The number of rotatable bonds is 4. The largest absolute Gasteiger partial charge is 0.398 e.